The van der Waals surface area contributed by atoms with Crippen molar-refractivity contribution in [2.24, 2.45) is 0 Å². The number of aliphatic hydroxyl groups is 1. The van der Waals surface area contributed by atoms with Gasteiger partial charge in [-0.2, -0.15) is 0 Å². The minimum absolute atomic E-state index is 0. The standard InChI is InChI=1S/C6H8O7.4C4H12N.H2O/c7-3(8)1-6(13,5(11)12)2-4(9)10;4*1-5(2,3)4;/h13H,1-2H2,(H,7,8)(H,9,10)(H,11,12);4*1-4H3;1H2/q;4*+1;/p-4. The molecule has 0 aliphatic heterocycles. The molecular weight excluding hydrogens is 448 g/mol. The molecule has 210 valence electrons. The second-order valence-electron chi connectivity index (χ2n) is 13.1. The Hall–Kier alpha value is -1.83. The molecule has 0 atom stereocenters. The molecule has 0 aromatic rings. The molecule has 0 bridgehead atoms. The van der Waals surface area contributed by atoms with Crippen molar-refractivity contribution in [3.63, 3.8) is 0 Å². The quantitative estimate of drug-likeness (QED) is 0.369. The molecule has 0 amide bonds. The summed E-state index contributed by atoms with van der Waals surface area (Å²) in [6.07, 6.45) is -2.72. The lowest BCUT2D eigenvalue weighted by Gasteiger charge is -2.29. The molecule has 0 fully saturated rings. The first-order chi connectivity index (χ1) is 13.8. The maximum atomic E-state index is 10.1. The smallest absolute Gasteiger partial charge is 0.114 e. The van der Waals surface area contributed by atoms with Crippen molar-refractivity contribution < 1.29 is 58.2 Å². The average Bonchev–Trinajstić information content (AvgIpc) is 2.26. The summed E-state index contributed by atoms with van der Waals surface area (Å²) >= 11 is 0. The second-order valence-corrected chi connectivity index (χ2v) is 13.1. The highest BCUT2D eigenvalue weighted by atomic mass is 16.4. The summed E-state index contributed by atoms with van der Waals surface area (Å²) in [5.41, 5.74) is -2.97. The van der Waals surface area contributed by atoms with Crippen molar-refractivity contribution in [1.82, 2.24) is 0 Å². The van der Waals surface area contributed by atoms with E-state index in [0.29, 0.717) is 0 Å². The van der Waals surface area contributed by atoms with E-state index in [1.165, 1.54) is 0 Å². The fraction of sp³-hybridized carbons (Fsp3) is 0.864. The highest BCUT2D eigenvalue weighted by molar-refractivity contribution is 5.86. The molecule has 0 rings (SSSR count). The van der Waals surface area contributed by atoms with Crippen LogP contribution in [0.4, 0.5) is 0 Å². The van der Waals surface area contributed by atoms with Crippen LogP contribution in [0.5, 0.6) is 0 Å². The van der Waals surface area contributed by atoms with E-state index < -0.39 is 36.4 Å². The molecule has 0 saturated heterocycles. The van der Waals surface area contributed by atoms with Gasteiger partial charge in [-0.1, -0.05) is 0 Å². The van der Waals surface area contributed by atoms with Crippen molar-refractivity contribution in [1.29, 1.82) is 0 Å². The summed E-state index contributed by atoms with van der Waals surface area (Å²) in [6.45, 7) is 0. The van der Waals surface area contributed by atoms with Crippen molar-refractivity contribution in [2.45, 2.75) is 18.4 Å². The lowest BCUT2D eigenvalue weighted by molar-refractivity contribution is -0.849. The zero-order valence-electron chi connectivity index (χ0n) is 24.5. The second kappa shape index (κ2) is 18.5. The summed E-state index contributed by atoms with van der Waals surface area (Å²) in [5.74, 6) is -5.98. The minimum Gasteiger partial charge on any atom is -0.870 e. The Balaban J connectivity index is -0.0000000786. The Morgan fingerprint density at radius 1 is 0.529 bits per heavy atom. The van der Waals surface area contributed by atoms with E-state index >= 15 is 0 Å². The largest absolute Gasteiger partial charge is 0.870 e. The topological polar surface area (TPSA) is 171 Å². The van der Waals surface area contributed by atoms with Crippen LogP contribution in [-0.4, -0.2) is 165 Å². The first-order valence-electron chi connectivity index (χ1n) is 10.3. The molecule has 0 aliphatic rings. The van der Waals surface area contributed by atoms with E-state index in [1.54, 1.807) is 0 Å². The molecule has 0 aromatic heterocycles. The number of carbonyl (C=O) groups excluding carboxylic acids is 3. The van der Waals surface area contributed by atoms with E-state index in [1.807, 2.05) is 0 Å². The molecule has 0 aromatic carbocycles. The van der Waals surface area contributed by atoms with Gasteiger partial charge in [0.15, 0.2) is 0 Å². The normalized spacial score (nSPS) is 11.2. The van der Waals surface area contributed by atoms with Gasteiger partial charge in [-0.25, -0.2) is 0 Å². The van der Waals surface area contributed by atoms with Gasteiger partial charge in [-0.3, -0.25) is 0 Å². The van der Waals surface area contributed by atoms with Gasteiger partial charge in [-0.15, -0.1) is 0 Å². The van der Waals surface area contributed by atoms with E-state index in [9.17, 15) is 29.7 Å². The fourth-order valence-electron chi connectivity index (χ4n) is 0.684. The van der Waals surface area contributed by atoms with E-state index in [0.717, 1.165) is 17.9 Å². The van der Waals surface area contributed by atoms with Gasteiger partial charge in [0.1, 0.15) is 5.60 Å². The van der Waals surface area contributed by atoms with Gasteiger partial charge in [-0.05, 0) is 0 Å². The van der Waals surface area contributed by atoms with Gasteiger partial charge in [0, 0.05) is 24.8 Å². The average molecular weight is 503 g/mol. The monoisotopic (exact) mass is 502 g/mol. The number of hydrogen-bond acceptors (Lipinski definition) is 8. The third-order valence-electron chi connectivity index (χ3n) is 1.25. The number of carboxylic acids is 3. The van der Waals surface area contributed by atoms with Crippen LogP contribution in [-0.2, 0) is 14.4 Å². The van der Waals surface area contributed by atoms with Crippen LogP contribution < -0.4 is 15.3 Å². The van der Waals surface area contributed by atoms with Crippen molar-refractivity contribution in [2.75, 3.05) is 113 Å². The van der Waals surface area contributed by atoms with Crippen LogP contribution in [0.15, 0.2) is 0 Å². The molecule has 0 aliphatic carbocycles. The minimum atomic E-state index is -2.97. The number of hydrogen-bond donors (Lipinski definition) is 1. The summed E-state index contributed by atoms with van der Waals surface area (Å²) < 4.78 is 4.00. The predicted octanol–water partition coefficient (Wildman–Crippen LogP) is -4.14. The van der Waals surface area contributed by atoms with Crippen LogP contribution in [0, 0.1) is 0 Å². The number of rotatable bonds is 5. The lowest BCUT2D eigenvalue weighted by Crippen LogP contribution is -2.54. The highest BCUT2D eigenvalue weighted by Crippen LogP contribution is 2.13. The van der Waals surface area contributed by atoms with Crippen LogP contribution in [0.25, 0.3) is 0 Å². The maximum Gasteiger partial charge on any atom is 0.114 e. The number of carboxylic acid groups (broad SMARTS) is 3. The Kier molecular flexibility index (Phi) is 24.8. The lowest BCUT2D eigenvalue weighted by atomic mass is 9.96. The molecule has 2 N–H and O–H groups in total. The van der Waals surface area contributed by atoms with Gasteiger partial charge in [0.05, 0.1) is 119 Å². The molecule has 0 radical (unpaired) electrons. The number of carbonyl (C=O) groups is 3. The fourth-order valence-corrected chi connectivity index (χ4v) is 0.684. The third kappa shape index (κ3) is 128. The third-order valence-corrected chi connectivity index (χ3v) is 1.25. The molecule has 0 unspecified atom stereocenters. The molecule has 34 heavy (non-hydrogen) atoms. The van der Waals surface area contributed by atoms with Crippen LogP contribution in [0.1, 0.15) is 12.8 Å². The van der Waals surface area contributed by atoms with Crippen LogP contribution in [0.3, 0.4) is 0 Å². The Bertz CT molecular complexity index is 467. The number of nitrogens with zero attached hydrogens (tertiary/aromatic N) is 4. The van der Waals surface area contributed by atoms with Crippen molar-refractivity contribution in [3.05, 3.63) is 0 Å². The van der Waals surface area contributed by atoms with Crippen molar-refractivity contribution in [3.8, 4) is 0 Å². The van der Waals surface area contributed by atoms with Gasteiger partial charge < -0.3 is 58.2 Å². The molecular formula is C22H54N4O8. The van der Waals surface area contributed by atoms with Crippen LogP contribution in [0.2, 0.25) is 0 Å². The van der Waals surface area contributed by atoms with Gasteiger partial charge in [0.2, 0.25) is 0 Å². The van der Waals surface area contributed by atoms with Crippen molar-refractivity contribution >= 4 is 17.9 Å². The van der Waals surface area contributed by atoms with E-state index in [2.05, 4.69) is 113 Å². The zero-order chi connectivity index (χ0) is 28.6. The molecule has 0 heterocycles. The predicted molar refractivity (Wildman–Crippen MR) is 127 cm³/mol. The first-order valence-corrected chi connectivity index (χ1v) is 10.3. The summed E-state index contributed by atoms with van der Waals surface area (Å²) in [6, 6.07) is 0. The Labute approximate surface area is 207 Å². The molecule has 12 nitrogen and oxygen atoms in total. The number of aliphatic carboxylic acids is 3. The zero-order valence-corrected chi connectivity index (χ0v) is 24.5. The Morgan fingerprint density at radius 3 is 0.706 bits per heavy atom. The Morgan fingerprint density at radius 2 is 0.647 bits per heavy atom. The SMILES string of the molecule is C[N+](C)(C)C.C[N+](C)(C)C.C[N+](C)(C)C.C[N+](C)(C)C.O=C([O-])CC(O)(CC(=O)[O-])C(=O)[O-].[OH-]. The summed E-state index contributed by atoms with van der Waals surface area (Å²) in [4.78, 5) is 30.0. The summed E-state index contributed by atoms with van der Waals surface area (Å²) in [5, 5.41) is 38.9. The van der Waals surface area contributed by atoms with Gasteiger partial charge in [0.25, 0.3) is 0 Å². The summed E-state index contributed by atoms with van der Waals surface area (Å²) in [7, 11) is 34.0. The maximum absolute atomic E-state index is 10.1. The van der Waals surface area contributed by atoms with Crippen LogP contribution >= 0.6 is 0 Å². The van der Waals surface area contributed by atoms with Gasteiger partial charge >= 0.3 is 0 Å². The number of quaternary nitrogens is 4. The molecule has 0 saturated carbocycles. The van der Waals surface area contributed by atoms with E-state index in [4.69, 9.17) is 5.11 Å². The highest BCUT2D eigenvalue weighted by Gasteiger charge is 2.29. The molecule has 0 spiro atoms. The molecule has 12 heteroatoms. The first kappa shape index (κ1) is 45.6. The van der Waals surface area contributed by atoms with E-state index in [-0.39, 0.29) is 5.48 Å².